The fourth-order valence-corrected chi connectivity index (χ4v) is 2.19. The lowest BCUT2D eigenvalue weighted by Gasteiger charge is -2.09. The molecule has 0 radical (unpaired) electrons. The van der Waals surface area contributed by atoms with E-state index in [2.05, 4.69) is 15.6 Å². The predicted octanol–water partition coefficient (Wildman–Crippen LogP) is 4.53. The topological polar surface area (TPSA) is 54.0 Å². The number of halogens is 1. The van der Waals surface area contributed by atoms with Crippen LogP contribution in [0.25, 0.3) is 0 Å². The summed E-state index contributed by atoms with van der Waals surface area (Å²) in [6, 6.07) is 15.6. The number of aryl methyl sites for hydroxylation is 1. The Hall–Kier alpha value is -3.21. The van der Waals surface area contributed by atoms with Crippen molar-refractivity contribution in [1.29, 1.82) is 0 Å². The maximum absolute atomic E-state index is 13.6. The number of hydrogen-bond acceptors (Lipinski definition) is 3. The van der Waals surface area contributed by atoms with Crippen LogP contribution >= 0.6 is 0 Å². The molecule has 0 aliphatic heterocycles. The van der Waals surface area contributed by atoms with Crippen molar-refractivity contribution in [2.75, 3.05) is 10.6 Å². The van der Waals surface area contributed by atoms with E-state index in [0.717, 1.165) is 11.3 Å². The van der Waals surface area contributed by atoms with Crippen molar-refractivity contribution in [3.05, 3.63) is 83.9 Å². The van der Waals surface area contributed by atoms with Crippen LogP contribution in [-0.2, 0) is 0 Å². The molecule has 0 aliphatic carbocycles. The molecule has 0 unspecified atom stereocenters. The van der Waals surface area contributed by atoms with Crippen LogP contribution in [0.4, 0.5) is 21.5 Å². The van der Waals surface area contributed by atoms with Gasteiger partial charge in [0.15, 0.2) is 0 Å². The molecule has 2 aromatic carbocycles. The third kappa shape index (κ3) is 3.76. The van der Waals surface area contributed by atoms with Gasteiger partial charge in [0.2, 0.25) is 0 Å². The smallest absolute Gasteiger partial charge is 0.257 e. The second kappa shape index (κ2) is 6.91. The first kappa shape index (κ1) is 15.7. The van der Waals surface area contributed by atoms with Crippen LogP contribution in [0, 0.1) is 12.7 Å². The zero-order chi connectivity index (χ0) is 16.9. The molecule has 5 heteroatoms. The van der Waals surface area contributed by atoms with Crippen molar-refractivity contribution in [1.82, 2.24) is 4.98 Å². The van der Waals surface area contributed by atoms with Crippen LogP contribution in [0.5, 0.6) is 0 Å². The Bertz CT molecular complexity index is 862. The van der Waals surface area contributed by atoms with Gasteiger partial charge in [0.25, 0.3) is 5.91 Å². The summed E-state index contributed by atoms with van der Waals surface area (Å²) in [7, 11) is 0. The number of pyridine rings is 1. The van der Waals surface area contributed by atoms with Crippen molar-refractivity contribution in [2.24, 2.45) is 0 Å². The molecule has 4 nitrogen and oxygen atoms in total. The maximum atomic E-state index is 13.6. The van der Waals surface area contributed by atoms with Crippen LogP contribution in [0.1, 0.15) is 15.9 Å². The predicted molar refractivity (Wildman–Crippen MR) is 93.1 cm³/mol. The summed E-state index contributed by atoms with van der Waals surface area (Å²) in [5.74, 6) is -0.895. The van der Waals surface area contributed by atoms with Gasteiger partial charge in [0.05, 0.1) is 23.1 Å². The number of carbonyl (C=O) groups excluding carboxylic acids is 1. The molecule has 1 amide bonds. The standard InChI is InChI=1S/C19H16FN3O/c1-13-6-8-15(9-7-13)22-16-10-14(11-21-12-16)19(24)23-18-5-3-2-4-17(18)20/h2-12,22H,1H3,(H,23,24). The third-order valence-corrected chi connectivity index (χ3v) is 3.46. The van der Waals surface area contributed by atoms with Crippen molar-refractivity contribution in [2.45, 2.75) is 6.92 Å². The quantitative estimate of drug-likeness (QED) is 0.742. The first-order valence-corrected chi connectivity index (χ1v) is 7.46. The third-order valence-electron chi connectivity index (χ3n) is 3.46. The lowest BCUT2D eigenvalue weighted by molar-refractivity contribution is 0.102. The maximum Gasteiger partial charge on any atom is 0.257 e. The molecule has 0 saturated heterocycles. The number of benzene rings is 2. The van der Waals surface area contributed by atoms with E-state index in [-0.39, 0.29) is 5.69 Å². The minimum Gasteiger partial charge on any atom is -0.354 e. The number of nitrogens with one attached hydrogen (secondary N) is 2. The Morgan fingerprint density at radius 1 is 1.00 bits per heavy atom. The zero-order valence-electron chi connectivity index (χ0n) is 13.1. The number of para-hydroxylation sites is 1. The van der Waals surface area contributed by atoms with E-state index in [0.29, 0.717) is 11.3 Å². The normalized spacial score (nSPS) is 10.2. The second-order valence-electron chi connectivity index (χ2n) is 5.39. The largest absolute Gasteiger partial charge is 0.354 e. The Morgan fingerprint density at radius 3 is 2.50 bits per heavy atom. The average molecular weight is 321 g/mol. The summed E-state index contributed by atoms with van der Waals surface area (Å²) in [5, 5.41) is 5.73. The van der Waals surface area contributed by atoms with Gasteiger partial charge in [-0.2, -0.15) is 0 Å². The van der Waals surface area contributed by atoms with Crippen LogP contribution in [0.15, 0.2) is 67.0 Å². The first-order chi connectivity index (χ1) is 11.6. The van der Waals surface area contributed by atoms with E-state index in [9.17, 15) is 9.18 Å². The van der Waals surface area contributed by atoms with Gasteiger partial charge < -0.3 is 10.6 Å². The fourth-order valence-electron chi connectivity index (χ4n) is 2.19. The summed E-state index contributed by atoms with van der Waals surface area (Å²) in [4.78, 5) is 16.3. The number of aromatic nitrogens is 1. The molecule has 0 bridgehead atoms. The number of carbonyl (C=O) groups is 1. The first-order valence-electron chi connectivity index (χ1n) is 7.46. The molecule has 1 heterocycles. The van der Waals surface area contributed by atoms with E-state index in [1.54, 1.807) is 24.4 Å². The fraction of sp³-hybridized carbons (Fsp3) is 0.0526. The molecule has 0 aliphatic rings. The van der Waals surface area contributed by atoms with Gasteiger partial charge in [-0.25, -0.2) is 4.39 Å². The summed E-state index contributed by atoms with van der Waals surface area (Å²) >= 11 is 0. The number of amides is 1. The van der Waals surface area contributed by atoms with E-state index in [1.165, 1.54) is 18.3 Å². The lowest BCUT2D eigenvalue weighted by Crippen LogP contribution is -2.13. The van der Waals surface area contributed by atoms with Gasteiger partial charge in [0.1, 0.15) is 5.82 Å². The molecule has 0 fully saturated rings. The van der Waals surface area contributed by atoms with E-state index < -0.39 is 11.7 Å². The van der Waals surface area contributed by atoms with Gasteiger partial charge >= 0.3 is 0 Å². The highest BCUT2D eigenvalue weighted by atomic mass is 19.1. The zero-order valence-corrected chi connectivity index (χ0v) is 13.1. The molecule has 24 heavy (non-hydrogen) atoms. The molecule has 2 N–H and O–H groups in total. The van der Waals surface area contributed by atoms with Gasteiger partial charge in [-0.3, -0.25) is 9.78 Å². The average Bonchev–Trinajstić information content (AvgIpc) is 2.59. The van der Waals surface area contributed by atoms with Gasteiger partial charge in [-0.05, 0) is 37.3 Å². The number of anilines is 3. The molecule has 0 spiro atoms. The highest BCUT2D eigenvalue weighted by molar-refractivity contribution is 6.04. The lowest BCUT2D eigenvalue weighted by atomic mass is 10.2. The summed E-state index contributed by atoms with van der Waals surface area (Å²) in [5.41, 5.74) is 3.22. The Balaban J connectivity index is 1.76. The molecule has 1 aromatic heterocycles. The highest BCUT2D eigenvalue weighted by Gasteiger charge is 2.10. The Kier molecular flexibility index (Phi) is 4.52. The molecule has 0 atom stereocenters. The van der Waals surface area contributed by atoms with Crippen LogP contribution in [-0.4, -0.2) is 10.9 Å². The number of nitrogens with zero attached hydrogens (tertiary/aromatic N) is 1. The Morgan fingerprint density at radius 2 is 1.75 bits per heavy atom. The minimum atomic E-state index is -0.479. The van der Waals surface area contributed by atoms with E-state index >= 15 is 0 Å². The van der Waals surface area contributed by atoms with Gasteiger partial charge in [0, 0.05) is 11.9 Å². The molecular formula is C19H16FN3O. The van der Waals surface area contributed by atoms with Crippen LogP contribution in [0.2, 0.25) is 0 Å². The highest BCUT2D eigenvalue weighted by Crippen LogP contribution is 2.19. The van der Waals surface area contributed by atoms with E-state index in [1.807, 2.05) is 31.2 Å². The number of rotatable bonds is 4. The van der Waals surface area contributed by atoms with Gasteiger partial charge in [-0.1, -0.05) is 29.8 Å². The molecule has 3 rings (SSSR count). The molecular weight excluding hydrogens is 305 g/mol. The van der Waals surface area contributed by atoms with Gasteiger partial charge in [-0.15, -0.1) is 0 Å². The summed E-state index contributed by atoms with van der Waals surface area (Å²) in [6.45, 7) is 2.01. The molecule has 3 aromatic rings. The monoisotopic (exact) mass is 321 g/mol. The van der Waals surface area contributed by atoms with Crippen molar-refractivity contribution in [3.63, 3.8) is 0 Å². The van der Waals surface area contributed by atoms with Crippen molar-refractivity contribution >= 4 is 23.0 Å². The second-order valence-corrected chi connectivity index (χ2v) is 5.39. The molecule has 120 valence electrons. The van der Waals surface area contributed by atoms with Crippen LogP contribution in [0.3, 0.4) is 0 Å². The van der Waals surface area contributed by atoms with Crippen molar-refractivity contribution in [3.8, 4) is 0 Å². The van der Waals surface area contributed by atoms with Crippen LogP contribution < -0.4 is 10.6 Å². The Labute approximate surface area is 139 Å². The summed E-state index contributed by atoms with van der Waals surface area (Å²) in [6.07, 6.45) is 3.07. The summed E-state index contributed by atoms with van der Waals surface area (Å²) < 4.78 is 13.6. The SMILES string of the molecule is Cc1ccc(Nc2cncc(C(=O)Nc3ccccc3F)c2)cc1. The number of hydrogen-bond donors (Lipinski definition) is 2. The van der Waals surface area contributed by atoms with Crippen molar-refractivity contribution < 1.29 is 9.18 Å². The minimum absolute atomic E-state index is 0.138. The molecule has 0 saturated carbocycles. The van der Waals surface area contributed by atoms with E-state index in [4.69, 9.17) is 0 Å².